The van der Waals surface area contributed by atoms with Crippen molar-refractivity contribution in [2.24, 2.45) is 5.41 Å². The summed E-state index contributed by atoms with van der Waals surface area (Å²) in [5.74, 6) is 0. The molecule has 0 atom stereocenters. The lowest BCUT2D eigenvalue weighted by atomic mass is 9.97. The van der Waals surface area contributed by atoms with E-state index in [4.69, 9.17) is 9.16 Å². The lowest BCUT2D eigenvalue weighted by molar-refractivity contribution is 0.0423. The van der Waals surface area contributed by atoms with E-state index in [9.17, 15) is 0 Å². The van der Waals surface area contributed by atoms with Crippen LogP contribution in [0.25, 0.3) is 0 Å². The van der Waals surface area contributed by atoms with Crippen molar-refractivity contribution in [3.63, 3.8) is 0 Å². The van der Waals surface area contributed by atoms with Crippen LogP contribution in [0, 0.1) is 19.3 Å². The van der Waals surface area contributed by atoms with Crippen LogP contribution in [0.3, 0.4) is 0 Å². The first-order valence-corrected chi connectivity index (χ1v) is 7.39. The fourth-order valence-electron chi connectivity index (χ4n) is 1.59. The highest BCUT2D eigenvalue weighted by Gasteiger charge is 2.18. The highest BCUT2D eigenvalue weighted by Crippen LogP contribution is 2.15. The SMILES string of the molecule is CCOCC(C)(C)CO[Si]c1cccc(C)c1C. The van der Waals surface area contributed by atoms with E-state index >= 15 is 0 Å². The summed E-state index contributed by atoms with van der Waals surface area (Å²) in [5, 5.41) is 1.31. The van der Waals surface area contributed by atoms with E-state index in [0.29, 0.717) is 9.76 Å². The van der Waals surface area contributed by atoms with Gasteiger partial charge in [0, 0.05) is 18.6 Å². The second-order valence-corrected chi connectivity index (χ2v) is 6.47. The fourth-order valence-corrected chi connectivity index (χ4v) is 2.72. The van der Waals surface area contributed by atoms with Crippen molar-refractivity contribution in [2.75, 3.05) is 19.8 Å². The third kappa shape index (κ3) is 4.92. The lowest BCUT2D eigenvalue weighted by Gasteiger charge is -2.24. The van der Waals surface area contributed by atoms with Crippen LogP contribution in [0.2, 0.25) is 0 Å². The van der Waals surface area contributed by atoms with Crippen molar-refractivity contribution >= 4 is 14.9 Å². The minimum atomic E-state index is 0.0841. The summed E-state index contributed by atoms with van der Waals surface area (Å²) in [5.41, 5.74) is 2.76. The molecule has 0 aliphatic heterocycles. The van der Waals surface area contributed by atoms with Gasteiger partial charge in [-0.2, -0.15) is 0 Å². The van der Waals surface area contributed by atoms with Gasteiger partial charge in [0.15, 0.2) is 0 Å². The molecule has 1 aromatic rings. The molecule has 0 aromatic heterocycles. The molecule has 2 nitrogen and oxygen atoms in total. The van der Waals surface area contributed by atoms with Gasteiger partial charge in [0.1, 0.15) is 0 Å². The summed E-state index contributed by atoms with van der Waals surface area (Å²) in [6.07, 6.45) is 0. The van der Waals surface area contributed by atoms with Gasteiger partial charge >= 0.3 is 0 Å². The molecule has 18 heavy (non-hydrogen) atoms. The Bertz CT molecular complexity index is 375. The van der Waals surface area contributed by atoms with E-state index in [2.05, 4.69) is 45.9 Å². The van der Waals surface area contributed by atoms with Crippen molar-refractivity contribution in [1.29, 1.82) is 0 Å². The largest absolute Gasteiger partial charge is 0.411 e. The molecule has 0 saturated heterocycles. The van der Waals surface area contributed by atoms with E-state index in [1.54, 1.807) is 0 Å². The third-order valence-corrected chi connectivity index (χ3v) is 4.00. The Morgan fingerprint density at radius 1 is 1.17 bits per heavy atom. The molecule has 0 spiro atoms. The molecule has 0 bridgehead atoms. The Labute approximate surface area is 114 Å². The summed E-state index contributed by atoms with van der Waals surface area (Å²) in [6, 6.07) is 6.39. The summed E-state index contributed by atoms with van der Waals surface area (Å²) >= 11 is 0. The molecular formula is C15H24O2Si. The summed E-state index contributed by atoms with van der Waals surface area (Å²) in [4.78, 5) is 0. The van der Waals surface area contributed by atoms with Gasteiger partial charge in [0.05, 0.1) is 6.61 Å². The molecule has 0 amide bonds. The van der Waals surface area contributed by atoms with E-state index in [1.165, 1.54) is 16.3 Å². The van der Waals surface area contributed by atoms with Crippen LogP contribution in [-0.4, -0.2) is 29.6 Å². The first-order chi connectivity index (χ1) is 8.46. The molecular weight excluding hydrogens is 240 g/mol. The second kappa shape index (κ2) is 7.07. The van der Waals surface area contributed by atoms with Gasteiger partial charge in [-0.3, -0.25) is 0 Å². The van der Waals surface area contributed by atoms with Crippen molar-refractivity contribution in [3.8, 4) is 0 Å². The Hall–Kier alpha value is -0.643. The average molecular weight is 264 g/mol. The number of hydrogen-bond acceptors (Lipinski definition) is 2. The Morgan fingerprint density at radius 2 is 1.89 bits per heavy atom. The minimum Gasteiger partial charge on any atom is -0.411 e. The molecule has 1 rings (SSSR count). The maximum absolute atomic E-state index is 5.87. The smallest absolute Gasteiger partial charge is 0.268 e. The number of ether oxygens (including phenoxy) is 1. The maximum atomic E-state index is 5.87. The van der Waals surface area contributed by atoms with Crippen LogP contribution in [0.15, 0.2) is 18.2 Å². The third-order valence-electron chi connectivity index (χ3n) is 2.95. The average Bonchev–Trinajstić information content (AvgIpc) is 2.32. The standard InChI is InChI=1S/C15H24O2Si/c1-6-16-10-15(4,5)11-17-18-14-9-7-8-12(2)13(14)3/h7-9H,6,10-11H2,1-5H3. The van der Waals surface area contributed by atoms with Crippen LogP contribution in [0.1, 0.15) is 31.9 Å². The predicted molar refractivity (Wildman–Crippen MR) is 77.5 cm³/mol. The Balaban J connectivity index is 2.44. The minimum absolute atomic E-state index is 0.0841. The first-order valence-electron chi connectivity index (χ1n) is 6.48. The van der Waals surface area contributed by atoms with Crippen LogP contribution >= 0.6 is 0 Å². The van der Waals surface area contributed by atoms with Crippen LogP contribution in [0.5, 0.6) is 0 Å². The highest BCUT2D eigenvalue weighted by molar-refractivity contribution is 6.47. The summed E-state index contributed by atoms with van der Waals surface area (Å²) < 4.78 is 11.3. The van der Waals surface area contributed by atoms with E-state index < -0.39 is 0 Å². The van der Waals surface area contributed by atoms with Gasteiger partial charge in [-0.25, -0.2) is 0 Å². The summed E-state index contributed by atoms with van der Waals surface area (Å²) in [7, 11) is 0.423. The zero-order valence-electron chi connectivity index (χ0n) is 12.2. The van der Waals surface area contributed by atoms with Gasteiger partial charge in [-0.05, 0) is 37.1 Å². The number of hydrogen-bond donors (Lipinski definition) is 0. The van der Waals surface area contributed by atoms with E-state index in [0.717, 1.165) is 19.8 Å². The quantitative estimate of drug-likeness (QED) is 0.705. The van der Waals surface area contributed by atoms with Crippen molar-refractivity contribution < 1.29 is 9.16 Å². The van der Waals surface area contributed by atoms with Crippen molar-refractivity contribution in [3.05, 3.63) is 29.3 Å². The molecule has 0 aliphatic rings. The molecule has 0 N–H and O–H groups in total. The van der Waals surface area contributed by atoms with Crippen molar-refractivity contribution in [1.82, 2.24) is 0 Å². The van der Waals surface area contributed by atoms with Gasteiger partial charge in [-0.15, -0.1) is 0 Å². The lowest BCUT2D eigenvalue weighted by Crippen LogP contribution is -2.30. The number of aryl methyl sites for hydroxylation is 1. The van der Waals surface area contributed by atoms with Gasteiger partial charge in [-0.1, -0.05) is 32.0 Å². The first kappa shape index (κ1) is 15.4. The topological polar surface area (TPSA) is 18.5 Å². The maximum Gasteiger partial charge on any atom is 0.268 e. The van der Waals surface area contributed by atoms with Crippen LogP contribution in [0.4, 0.5) is 0 Å². The van der Waals surface area contributed by atoms with Gasteiger partial charge in [0.2, 0.25) is 0 Å². The summed E-state index contributed by atoms with van der Waals surface area (Å²) in [6.45, 7) is 12.9. The van der Waals surface area contributed by atoms with Crippen LogP contribution < -0.4 is 5.19 Å². The van der Waals surface area contributed by atoms with Gasteiger partial charge in [0.25, 0.3) is 9.76 Å². The molecule has 0 fully saturated rings. The Morgan fingerprint density at radius 3 is 2.56 bits per heavy atom. The fraction of sp³-hybridized carbons (Fsp3) is 0.600. The molecule has 0 heterocycles. The molecule has 0 unspecified atom stereocenters. The zero-order valence-corrected chi connectivity index (χ0v) is 13.2. The number of rotatable bonds is 7. The second-order valence-electron chi connectivity index (χ2n) is 5.44. The van der Waals surface area contributed by atoms with Gasteiger partial charge < -0.3 is 9.16 Å². The molecule has 0 aliphatic carbocycles. The normalized spacial score (nSPS) is 11.8. The monoisotopic (exact) mass is 264 g/mol. The van der Waals surface area contributed by atoms with Crippen LogP contribution in [-0.2, 0) is 9.16 Å². The molecule has 3 heteroatoms. The highest BCUT2D eigenvalue weighted by atomic mass is 28.2. The Kier molecular flexibility index (Phi) is 6.06. The molecule has 2 radical (unpaired) electrons. The number of benzene rings is 1. The van der Waals surface area contributed by atoms with E-state index in [-0.39, 0.29) is 5.41 Å². The molecule has 1 aromatic carbocycles. The molecule has 0 saturated carbocycles. The van der Waals surface area contributed by atoms with Crippen molar-refractivity contribution in [2.45, 2.75) is 34.6 Å². The predicted octanol–water partition coefficient (Wildman–Crippen LogP) is 2.63. The molecule has 100 valence electrons. The zero-order chi connectivity index (χ0) is 13.6. The van der Waals surface area contributed by atoms with E-state index in [1.807, 2.05) is 6.92 Å².